The number of halogens is 1. The van der Waals surface area contributed by atoms with Crippen molar-refractivity contribution in [3.63, 3.8) is 0 Å². The van der Waals surface area contributed by atoms with Crippen molar-refractivity contribution in [3.8, 4) is 5.75 Å². The van der Waals surface area contributed by atoms with Crippen LogP contribution in [-0.4, -0.2) is 24.1 Å². The number of rotatable bonds is 7. The summed E-state index contributed by atoms with van der Waals surface area (Å²) in [5.74, 6) is -0.605. The number of hydrogen-bond donors (Lipinski definition) is 2. The van der Waals surface area contributed by atoms with Gasteiger partial charge >= 0.3 is 5.97 Å². The fraction of sp³-hybridized carbons (Fsp3) is 0.158. The number of benzene rings is 2. The zero-order valence-electron chi connectivity index (χ0n) is 14.4. The summed E-state index contributed by atoms with van der Waals surface area (Å²) in [7, 11) is 1.56. The van der Waals surface area contributed by atoms with E-state index in [1.54, 1.807) is 62.6 Å². The lowest BCUT2D eigenvalue weighted by atomic mass is 10.2. The molecule has 26 heavy (non-hydrogen) atoms. The number of hydrogen-bond acceptors (Lipinski definition) is 4. The van der Waals surface area contributed by atoms with Crippen LogP contribution in [0.1, 0.15) is 23.7 Å². The number of allylic oxidation sites excluding steroid dienone is 1. The Morgan fingerprint density at radius 3 is 2.31 bits per heavy atom. The van der Waals surface area contributed by atoms with E-state index in [1.165, 1.54) is 11.1 Å². The SMILES string of the molecule is COc1ccc(N(N/C(C)=C/CC(=O)O)C(=O)c2ccc(Cl)cc2)cc1. The van der Waals surface area contributed by atoms with Gasteiger partial charge in [0, 0.05) is 16.3 Å². The summed E-state index contributed by atoms with van der Waals surface area (Å²) in [5.41, 5.74) is 4.49. The smallest absolute Gasteiger partial charge is 0.307 e. The number of methoxy groups -OCH3 is 1. The van der Waals surface area contributed by atoms with Gasteiger partial charge in [-0.1, -0.05) is 17.7 Å². The Kier molecular flexibility index (Phi) is 6.63. The molecule has 2 aromatic carbocycles. The summed E-state index contributed by atoms with van der Waals surface area (Å²) < 4.78 is 5.14. The highest BCUT2D eigenvalue weighted by Crippen LogP contribution is 2.21. The Labute approximate surface area is 156 Å². The molecule has 0 atom stereocenters. The van der Waals surface area contributed by atoms with Crippen molar-refractivity contribution < 1.29 is 19.4 Å². The summed E-state index contributed by atoms with van der Waals surface area (Å²) >= 11 is 5.88. The summed E-state index contributed by atoms with van der Waals surface area (Å²) in [5, 5.41) is 10.7. The highest BCUT2D eigenvalue weighted by Gasteiger charge is 2.18. The highest BCUT2D eigenvalue weighted by atomic mass is 35.5. The second-order valence-corrected chi connectivity index (χ2v) is 5.88. The Morgan fingerprint density at radius 2 is 1.77 bits per heavy atom. The molecule has 2 N–H and O–H groups in total. The normalized spacial score (nSPS) is 11.0. The van der Waals surface area contributed by atoms with Gasteiger partial charge in [0.15, 0.2) is 0 Å². The highest BCUT2D eigenvalue weighted by molar-refractivity contribution is 6.30. The number of carbonyl (C=O) groups is 2. The minimum atomic E-state index is -0.953. The van der Waals surface area contributed by atoms with E-state index in [2.05, 4.69) is 5.43 Å². The minimum Gasteiger partial charge on any atom is -0.497 e. The van der Waals surface area contributed by atoms with Crippen LogP contribution in [0.3, 0.4) is 0 Å². The van der Waals surface area contributed by atoms with Crippen LogP contribution >= 0.6 is 11.6 Å². The fourth-order valence-corrected chi connectivity index (χ4v) is 2.27. The molecule has 0 saturated carbocycles. The maximum Gasteiger partial charge on any atom is 0.307 e. The van der Waals surface area contributed by atoms with Crippen molar-refractivity contribution in [2.45, 2.75) is 13.3 Å². The molecule has 0 unspecified atom stereocenters. The topological polar surface area (TPSA) is 78.9 Å². The number of nitrogens with one attached hydrogen (secondary N) is 1. The molecule has 0 heterocycles. The predicted octanol–water partition coefficient (Wildman–Crippen LogP) is 3.88. The van der Waals surface area contributed by atoms with Gasteiger partial charge in [-0.05, 0) is 55.5 Å². The van der Waals surface area contributed by atoms with Gasteiger partial charge in [0.2, 0.25) is 0 Å². The third-order valence-corrected chi connectivity index (χ3v) is 3.75. The molecule has 2 aromatic rings. The summed E-state index contributed by atoms with van der Waals surface area (Å²) in [6.07, 6.45) is 1.35. The third kappa shape index (κ3) is 5.26. The van der Waals surface area contributed by atoms with Crippen LogP contribution in [0.5, 0.6) is 5.75 Å². The molecule has 0 aromatic heterocycles. The van der Waals surface area contributed by atoms with Gasteiger partial charge in [-0.15, -0.1) is 0 Å². The Balaban J connectivity index is 2.33. The molecular formula is C19H19ClN2O4. The van der Waals surface area contributed by atoms with E-state index in [1.807, 2.05) is 0 Å². The second-order valence-electron chi connectivity index (χ2n) is 5.44. The van der Waals surface area contributed by atoms with E-state index in [-0.39, 0.29) is 12.3 Å². The van der Waals surface area contributed by atoms with Gasteiger partial charge in [0.1, 0.15) is 5.75 Å². The third-order valence-electron chi connectivity index (χ3n) is 3.50. The largest absolute Gasteiger partial charge is 0.497 e. The zero-order valence-corrected chi connectivity index (χ0v) is 15.2. The van der Waals surface area contributed by atoms with Crippen LogP contribution < -0.4 is 15.2 Å². The predicted molar refractivity (Wildman–Crippen MR) is 100 cm³/mol. The average Bonchev–Trinajstić information content (AvgIpc) is 2.64. The van der Waals surface area contributed by atoms with Crippen molar-refractivity contribution in [2.24, 2.45) is 0 Å². The van der Waals surface area contributed by atoms with Crippen LogP contribution in [0.4, 0.5) is 5.69 Å². The van der Waals surface area contributed by atoms with Gasteiger partial charge in [-0.2, -0.15) is 0 Å². The maximum absolute atomic E-state index is 12.9. The molecule has 1 amide bonds. The lowest BCUT2D eigenvalue weighted by Crippen LogP contribution is -2.42. The summed E-state index contributed by atoms with van der Waals surface area (Å²) in [4.78, 5) is 23.7. The van der Waals surface area contributed by atoms with Crippen molar-refractivity contribution in [1.82, 2.24) is 5.43 Å². The molecular weight excluding hydrogens is 356 g/mol. The maximum atomic E-state index is 12.9. The van der Waals surface area contributed by atoms with E-state index < -0.39 is 5.97 Å². The molecule has 0 aliphatic rings. The molecule has 0 radical (unpaired) electrons. The minimum absolute atomic E-state index is 0.148. The Morgan fingerprint density at radius 1 is 1.15 bits per heavy atom. The van der Waals surface area contributed by atoms with Crippen LogP contribution in [0.15, 0.2) is 60.3 Å². The van der Waals surface area contributed by atoms with Crippen LogP contribution in [0.25, 0.3) is 0 Å². The monoisotopic (exact) mass is 374 g/mol. The van der Waals surface area contributed by atoms with E-state index in [9.17, 15) is 9.59 Å². The number of carboxylic acids is 1. The van der Waals surface area contributed by atoms with Gasteiger partial charge < -0.3 is 9.84 Å². The van der Waals surface area contributed by atoms with Gasteiger partial charge in [-0.3, -0.25) is 15.0 Å². The number of ether oxygens (including phenoxy) is 1. The zero-order chi connectivity index (χ0) is 19.1. The van der Waals surface area contributed by atoms with Gasteiger partial charge in [0.05, 0.1) is 19.2 Å². The average molecular weight is 375 g/mol. The summed E-state index contributed by atoms with van der Waals surface area (Å²) in [6.45, 7) is 1.69. The van der Waals surface area contributed by atoms with Gasteiger partial charge in [-0.25, -0.2) is 5.01 Å². The lowest BCUT2D eigenvalue weighted by molar-refractivity contribution is -0.136. The van der Waals surface area contributed by atoms with E-state index in [0.717, 1.165) is 0 Å². The second kappa shape index (κ2) is 8.92. The van der Waals surface area contributed by atoms with Crippen molar-refractivity contribution in [2.75, 3.05) is 12.1 Å². The first kappa shape index (κ1) is 19.3. The molecule has 7 heteroatoms. The lowest BCUT2D eigenvalue weighted by Gasteiger charge is -2.25. The number of hydrazine groups is 1. The number of nitrogens with zero attached hydrogens (tertiary/aromatic N) is 1. The summed E-state index contributed by atoms with van der Waals surface area (Å²) in [6, 6.07) is 13.4. The first-order valence-electron chi connectivity index (χ1n) is 7.80. The quantitative estimate of drug-likeness (QED) is 0.719. The van der Waals surface area contributed by atoms with Crippen molar-refractivity contribution in [3.05, 3.63) is 70.9 Å². The number of amides is 1. The molecule has 0 fully saturated rings. The van der Waals surface area contributed by atoms with E-state index >= 15 is 0 Å². The fourth-order valence-electron chi connectivity index (χ4n) is 2.15. The van der Waals surface area contributed by atoms with Gasteiger partial charge in [0.25, 0.3) is 5.91 Å². The van der Waals surface area contributed by atoms with Crippen LogP contribution in [0, 0.1) is 0 Å². The Hall–Kier alpha value is -2.99. The first-order chi connectivity index (χ1) is 12.4. The van der Waals surface area contributed by atoms with Crippen LogP contribution in [0.2, 0.25) is 5.02 Å². The molecule has 6 nitrogen and oxygen atoms in total. The van der Waals surface area contributed by atoms with Crippen LogP contribution in [-0.2, 0) is 4.79 Å². The number of anilines is 1. The standard InChI is InChI=1S/C19H19ClN2O4/c1-13(3-12-18(23)24)21-22(16-8-10-17(26-2)11-9-16)19(25)14-4-6-15(20)7-5-14/h3-11,21H,12H2,1-2H3,(H,23,24)/b13-3+. The number of aliphatic carboxylic acids is 1. The molecule has 0 saturated heterocycles. The van der Waals surface area contributed by atoms with Crippen molar-refractivity contribution in [1.29, 1.82) is 0 Å². The molecule has 0 aliphatic carbocycles. The Bertz CT molecular complexity index is 801. The molecule has 136 valence electrons. The number of carbonyl (C=O) groups excluding carboxylic acids is 1. The molecule has 2 rings (SSSR count). The molecule has 0 spiro atoms. The van der Waals surface area contributed by atoms with E-state index in [4.69, 9.17) is 21.4 Å². The van der Waals surface area contributed by atoms with E-state index in [0.29, 0.717) is 27.7 Å². The molecule has 0 aliphatic heterocycles. The number of carboxylic acid groups (broad SMARTS) is 1. The first-order valence-corrected chi connectivity index (χ1v) is 8.18. The van der Waals surface area contributed by atoms with Crippen molar-refractivity contribution >= 4 is 29.2 Å². The molecule has 0 bridgehead atoms.